The van der Waals surface area contributed by atoms with E-state index in [2.05, 4.69) is 15.6 Å². The van der Waals surface area contributed by atoms with Gasteiger partial charge in [-0.2, -0.15) is 0 Å². The normalized spacial score (nSPS) is 12.0. The number of aromatic nitrogens is 3. The van der Waals surface area contributed by atoms with Gasteiger partial charge in [-0.25, -0.2) is 9.07 Å². The predicted molar refractivity (Wildman–Crippen MR) is 75.7 cm³/mol. The number of para-hydroxylation sites is 1. The molecule has 0 aliphatic rings. The van der Waals surface area contributed by atoms with Crippen LogP contribution in [0.3, 0.4) is 0 Å². The zero-order valence-corrected chi connectivity index (χ0v) is 11.0. The average molecular weight is 284 g/mol. The summed E-state index contributed by atoms with van der Waals surface area (Å²) >= 11 is 0. The molecule has 2 aromatic carbocycles. The predicted octanol–water partition coefficient (Wildman–Crippen LogP) is 2.46. The first-order valence-corrected chi connectivity index (χ1v) is 6.39. The van der Waals surface area contributed by atoms with Gasteiger partial charge in [0.1, 0.15) is 12.7 Å². The Morgan fingerprint density at radius 1 is 1.00 bits per heavy atom. The highest BCUT2D eigenvalue weighted by atomic mass is 19.1. The Hall–Kier alpha value is -2.89. The molecule has 0 spiro atoms. The Balaban J connectivity index is 2.05. The molecule has 1 heterocycles. The van der Waals surface area contributed by atoms with Crippen molar-refractivity contribution in [3.8, 4) is 5.75 Å². The van der Waals surface area contributed by atoms with E-state index in [0.29, 0.717) is 5.56 Å². The van der Waals surface area contributed by atoms with Gasteiger partial charge in [-0.05, 0) is 11.6 Å². The van der Waals surface area contributed by atoms with E-state index in [-0.39, 0.29) is 5.75 Å². The van der Waals surface area contributed by atoms with E-state index in [9.17, 15) is 9.50 Å². The van der Waals surface area contributed by atoms with Gasteiger partial charge in [0.15, 0.2) is 11.6 Å². The maximum absolute atomic E-state index is 13.6. The molecule has 1 aromatic heterocycles. The number of rotatable bonds is 4. The number of hydrogen-bond acceptors (Lipinski definition) is 4. The average Bonchev–Trinajstić information content (AvgIpc) is 3.02. The summed E-state index contributed by atoms with van der Waals surface area (Å²) in [6, 6.07) is 13.5. The van der Waals surface area contributed by atoms with E-state index < -0.39 is 11.9 Å². The van der Waals surface area contributed by atoms with Crippen LogP contribution in [0.1, 0.15) is 17.2 Å². The second-order valence-electron chi connectivity index (χ2n) is 4.52. The van der Waals surface area contributed by atoms with Crippen molar-refractivity contribution in [3.63, 3.8) is 0 Å². The molecule has 2 N–H and O–H groups in total. The monoisotopic (exact) mass is 284 g/mol. The van der Waals surface area contributed by atoms with Crippen LogP contribution in [0.4, 0.5) is 4.39 Å². The number of aromatic hydroxyl groups is 1. The fraction of sp³-hybridized carbons (Fsp3) is 0.0667. The fourth-order valence-electron chi connectivity index (χ4n) is 2.15. The molecule has 6 heteroatoms. The minimum Gasteiger partial charge on any atom is -0.505 e. The molecule has 0 bridgehead atoms. The number of benzene rings is 2. The number of nitrogens with zero attached hydrogens (tertiary/aromatic N) is 3. The first-order chi connectivity index (χ1) is 10.3. The van der Waals surface area contributed by atoms with E-state index in [4.69, 9.17) is 0 Å². The Morgan fingerprint density at radius 3 is 2.43 bits per heavy atom. The fourth-order valence-corrected chi connectivity index (χ4v) is 2.15. The smallest absolute Gasteiger partial charge is 0.165 e. The molecule has 0 amide bonds. The first-order valence-electron chi connectivity index (χ1n) is 6.39. The maximum atomic E-state index is 13.6. The van der Waals surface area contributed by atoms with E-state index >= 15 is 0 Å². The summed E-state index contributed by atoms with van der Waals surface area (Å²) < 4.78 is 15.2. The number of phenolic OH excluding ortho intramolecular Hbond substituents is 1. The quantitative estimate of drug-likeness (QED) is 0.772. The van der Waals surface area contributed by atoms with E-state index in [0.717, 1.165) is 5.56 Å². The lowest BCUT2D eigenvalue weighted by Crippen LogP contribution is -2.21. The molecule has 3 rings (SSSR count). The van der Waals surface area contributed by atoms with Crippen LogP contribution in [0.2, 0.25) is 0 Å². The molecule has 106 valence electrons. The van der Waals surface area contributed by atoms with Crippen molar-refractivity contribution in [2.45, 2.75) is 6.04 Å². The number of phenols is 1. The standard InChI is InChI=1S/C15H13FN4O/c16-13-8-4-7-12(15(13)21)14(11-5-2-1-3-6-11)19-20-9-17-18-10-20/h1-10,14,19,21H. The molecule has 0 fully saturated rings. The van der Waals surface area contributed by atoms with Crippen LogP contribution in [0.25, 0.3) is 0 Å². The molecule has 0 saturated heterocycles. The molecule has 1 atom stereocenters. The van der Waals surface area contributed by atoms with Crippen LogP contribution in [0.5, 0.6) is 5.75 Å². The lowest BCUT2D eigenvalue weighted by molar-refractivity contribution is 0.423. The summed E-state index contributed by atoms with van der Waals surface area (Å²) in [5, 5.41) is 17.4. The minimum absolute atomic E-state index is 0.369. The van der Waals surface area contributed by atoms with E-state index in [1.54, 1.807) is 16.8 Å². The highest BCUT2D eigenvalue weighted by Crippen LogP contribution is 2.31. The van der Waals surface area contributed by atoms with Crippen molar-refractivity contribution in [1.82, 2.24) is 14.9 Å². The lowest BCUT2D eigenvalue weighted by atomic mass is 9.98. The molecule has 1 unspecified atom stereocenters. The van der Waals surface area contributed by atoms with Crippen molar-refractivity contribution in [2.24, 2.45) is 0 Å². The van der Waals surface area contributed by atoms with Gasteiger partial charge in [0.05, 0.1) is 6.04 Å². The number of hydrogen-bond donors (Lipinski definition) is 2. The summed E-state index contributed by atoms with van der Waals surface area (Å²) in [5.41, 5.74) is 4.45. The minimum atomic E-state index is -0.654. The van der Waals surface area contributed by atoms with Gasteiger partial charge in [0, 0.05) is 5.56 Å². The molecule has 0 aliphatic carbocycles. The van der Waals surface area contributed by atoms with Gasteiger partial charge in [-0.3, -0.25) is 0 Å². The zero-order chi connectivity index (χ0) is 14.7. The summed E-state index contributed by atoms with van der Waals surface area (Å²) in [7, 11) is 0. The first kappa shape index (κ1) is 13.1. The zero-order valence-electron chi connectivity index (χ0n) is 11.0. The molecule has 0 saturated carbocycles. The van der Waals surface area contributed by atoms with Crippen molar-refractivity contribution in [1.29, 1.82) is 0 Å². The van der Waals surface area contributed by atoms with Crippen molar-refractivity contribution < 1.29 is 9.50 Å². The summed E-state index contributed by atoms with van der Waals surface area (Å²) in [4.78, 5) is 0. The SMILES string of the molecule is Oc1c(F)cccc1C(Nn1cnnc1)c1ccccc1. The summed E-state index contributed by atoms with van der Waals surface area (Å²) in [6.07, 6.45) is 2.98. The molecular weight excluding hydrogens is 271 g/mol. The Bertz CT molecular complexity index is 716. The lowest BCUT2D eigenvalue weighted by Gasteiger charge is -2.21. The van der Waals surface area contributed by atoms with Crippen molar-refractivity contribution in [3.05, 3.63) is 78.1 Å². The van der Waals surface area contributed by atoms with Crippen molar-refractivity contribution >= 4 is 0 Å². The van der Waals surface area contributed by atoms with Crippen LogP contribution in [-0.4, -0.2) is 20.0 Å². The molecule has 0 aliphatic heterocycles. The largest absolute Gasteiger partial charge is 0.505 e. The molecular formula is C15H13FN4O. The third kappa shape index (κ3) is 2.69. The van der Waals surface area contributed by atoms with Crippen molar-refractivity contribution in [2.75, 3.05) is 5.43 Å². The Kier molecular flexibility index (Phi) is 3.51. The van der Waals surface area contributed by atoms with Gasteiger partial charge in [-0.15, -0.1) is 10.2 Å². The van der Waals surface area contributed by atoms with Crippen LogP contribution < -0.4 is 5.43 Å². The van der Waals surface area contributed by atoms with Gasteiger partial charge in [0.2, 0.25) is 0 Å². The van der Waals surface area contributed by atoms with Gasteiger partial charge in [0.25, 0.3) is 0 Å². The maximum Gasteiger partial charge on any atom is 0.165 e. The van der Waals surface area contributed by atoms with Crippen LogP contribution in [0.15, 0.2) is 61.2 Å². The Morgan fingerprint density at radius 2 is 1.71 bits per heavy atom. The third-order valence-electron chi connectivity index (χ3n) is 3.16. The van der Waals surface area contributed by atoms with E-state index in [1.165, 1.54) is 18.7 Å². The van der Waals surface area contributed by atoms with Crippen LogP contribution >= 0.6 is 0 Å². The van der Waals surface area contributed by atoms with Crippen LogP contribution in [0, 0.1) is 5.82 Å². The van der Waals surface area contributed by atoms with Gasteiger partial charge < -0.3 is 10.5 Å². The second kappa shape index (κ2) is 5.62. The molecule has 0 radical (unpaired) electrons. The number of nitrogens with one attached hydrogen (secondary N) is 1. The molecule has 21 heavy (non-hydrogen) atoms. The number of halogens is 1. The summed E-state index contributed by atoms with van der Waals surface area (Å²) in [6.45, 7) is 0. The van der Waals surface area contributed by atoms with Gasteiger partial charge in [-0.1, -0.05) is 42.5 Å². The topological polar surface area (TPSA) is 63.0 Å². The molecule has 5 nitrogen and oxygen atoms in total. The molecule has 3 aromatic rings. The Labute approximate surface area is 120 Å². The summed E-state index contributed by atoms with van der Waals surface area (Å²) in [5.74, 6) is -1.02. The second-order valence-corrected chi connectivity index (χ2v) is 4.52. The highest BCUT2D eigenvalue weighted by molar-refractivity contribution is 5.43. The highest BCUT2D eigenvalue weighted by Gasteiger charge is 2.19. The van der Waals surface area contributed by atoms with E-state index in [1.807, 2.05) is 30.3 Å². The van der Waals surface area contributed by atoms with Crippen LogP contribution in [-0.2, 0) is 0 Å². The third-order valence-corrected chi connectivity index (χ3v) is 3.16. The van der Waals surface area contributed by atoms with Gasteiger partial charge >= 0.3 is 0 Å².